The van der Waals surface area contributed by atoms with E-state index in [1.165, 1.54) is 38.5 Å². The number of rotatable bonds is 41. The zero-order chi connectivity index (χ0) is 50.5. The summed E-state index contributed by atoms with van der Waals surface area (Å²) < 4.78 is 49.4. The van der Waals surface area contributed by atoms with Gasteiger partial charge in [0.15, 0.2) is 6.10 Å². The van der Waals surface area contributed by atoms with E-state index >= 15 is 0 Å². The zero-order valence-electron chi connectivity index (χ0n) is 40.6. The van der Waals surface area contributed by atoms with Crippen LogP contribution in [0.5, 0.6) is 0 Å². The molecule has 1 aliphatic rings. The van der Waals surface area contributed by atoms with Crippen LogP contribution >= 0.6 is 15.6 Å². The number of phosphoric acid groups is 2. The summed E-state index contributed by atoms with van der Waals surface area (Å²) in [7, 11) is -10.7. The van der Waals surface area contributed by atoms with E-state index in [2.05, 4.69) is 41.8 Å². The van der Waals surface area contributed by atoms with Crippen molar-refractivity contribution in [3.05, 3.63) is 60.8 Å². The smallest absolute Gasteiger partial charge is 0.462 e. The number of unbranched alkanes of at least 4 members (excludes halogenated alkanes) is 14. The van der Waals surface area contributed by atoms with Crippen molar-refractivity contribution in [2.24, 2.45) is 0 Å². The number of ether oxygens (including phenoxy) is 2. The summed E-state index contributed by atoms with van der Waals surface area (Å²) in [5, 5.41) is 51.0. The van der Waals surface area contributed by atoms with Crippen LogP contribution in [0.15, 0.2) is 60.8 Å². The molecule has 6 unspecified atom stereocenters. The lowest BCUT2D eigenvalue weighted by Gasteiger charge is -2.43. The number of carbonyl (C=O) groups is 2. The quantitative estimate of drug-likeness (QED) is 0.0123. The summed E-state index contributed by atoms with van der Waals surface area (Å²) in [4.78, 5) is 54.3. The molecule has 394 valence electrons. The lowest BCUT2D eigenvalue weighted by Crippen LogP contribution is -2.64. The van der Waals surface area contributed by atoms with Crippen LogP contribution in [0.25, 0.3) is 0 Å². The summed E-state index contributed by atoms with van der Waals surface area (Å²) in [5.74, 6) is -1.30. The van der Waals surface area contributed by atoms with Crippen LogP contribution in [0.4, 0.5) is 0 Å². The number of aliphatic hydroxyl groups excluding tert-OH is 5. The number of esters is 2. The van der Waals surface area contributed by atoms with Crippen LogP contribution in [0.1, 0.15) is 174 Å². The first-order chi connectivity index (χ1) is 32.5. The molecule has 9 atom stereocenters. The highest BCUT2D eigenvalue weighted by atomic mass is 31.2. The molecule has 0 aliphatic heterocycles. The number of aliphatic hydroxyl groups is 5. The molecular weight excluding hydrogens is 922 g/mol. The summed E-state index contributed by atoms with van der Waals surface area (Å²) in [6, 6.07) is 0. The Morgan fingerprint density at radius 2 is 1.00 bits per heavy atom. The first-order valence-electron chi connectivity index (χ1n) is 24.9. The molecule has 0 saturated heterocycles. The molecule has 1 saturated carbocycles. The van der Waals surface area contributed by atoms with E-state index in [4.69, 9.17) is 18.5 Å². The minimum Gasteiger partial charge on any atom is -0.462 e. The molecule has 8 N–H and O–H groups in total. The molecule has 0 amide bonds. The maximum Gasteiger partial charge on any atom is 0.472 e. The number of carbonyl (C=O) groups excluding carboxylic acids is 2. The first kappa shape index (κ1) is 63.7. The van der Waals surface area contributed by atoms with Gasteiger partial charge in [-0.3, -0.25) is 23.2 Å². The fourth-order valence-corrected chi connectivity index (χ4v) is 8.80. The van der Waals surface area contributed by atoms with Crippen molar-refractivity contribution in [1.29, 1.82) is 0 Å². The third-order valence-electron chi connectivity index (χ3n) is 11.1. The molecule has 0 radical (unpaired) electrons. The van der Waals surface area contributed by atoms with Crippen molar-refractivity contribution in [3.63, 3.8) is 0 Å². The number of phosphoric ester groups is 2. The Hall–Kier alpha value is -2.34. The largest absolute Gasteiger partial charge is 0.472 e. The van der Waals surface area contributed by atoms with Gasteiger partial charge < -0.3 is 49.7 Å². The van der Waals surface area contributed by atoms with Gasteiger partial charge in [0.25, 0.3) is 0 Å². The van der Waals surface area contributed by atoms with Crippen molar-refractivity contribution in [1.82, 2.24) is 0 Å². The average molecular weight is 1010 g/mol. The van der Waals surface area contributed by atoms with E-state index in [1.54, 1.807) is 0 Å². The van der Waals surface area contributed by atoms with E-state index in [1.807, 2.05) is 37.3 Å². The van der Waals surface area contributed by atoms with Gasteiger partial charge in [0.05, 0.1) is 12.7 Å². The third kappa shape index (κ3) is 33.3. The second-order valence-corrected chi connectivity index (χ2v) is 20.0. The maximum atomic E-state index is 13.0. The first-order valence-corrected chi connectivity index (χ1v) is 27.9. The molecule has 0 bridgehead atoms. The Morgan fingerprint density at radius 1 is 0.529 bits per heavy atom. The molecule has 0 aromatic rings. The van der Waals surface area contributed by atoms with Crippen LogP contribution in [0, 0.1) is 0 Å². The van der Waals surface area contributed by atoms with Gasteiger partial charge in [-0.05, 0) is 77.0 Å². The van der Waals surface area contributed by atoms with Crippen LogP contribution in [-0.4, -0.2) is 114 Å². The minimum absolute atomic E-state index is 0.0181. The van der Waals surface area contributed by atoms with Crippen LogP contribution < -0.4 is 0 Å². The molecule has 1 rings (SSSR count). The fourth-order valence-electron chi connectivity index (χ4n) is 7.26. The topological polar surface area (TPSA) is 276 Å². The van der Waals surface area contributed by atoms with Crippen molar-refractivity contribution in [2.75, 3.05) is 13.2 Å². The molecule has 68 heavy (non-hydrogen) atoms. The van der Waals surface area contributed by atoms with Gasteiger partial charge in [-0.25, -0.2) is 9.13 Å². The van der Waals surface area contributed by atoms with Crippen molar-refractivity contribution >= 4 is 27.6 Å². The summed E-state index contributed by atoms with van der Waals surface area (Å²) >= 11 is 0. The Bertz CT molecular complexity index is 1560. The molecular formula is C49H86O17P2. The molecule has 1 aliphatic carbocycles. The lowest BCUT2D eigenvalue weighted by molar-refractivity contribution is -0.216. The highest BCUT2D eigenvalue weighted by Gasteiger charge is 2.54. The SMILES string of the molecule is CCCCCCCC/C=C\CCCCCCCCCC(=O)O[C@H](COC(=O)CCC/C=C\C/C=C\C/C=C\C/C=C\CC(O)CCC)COP(=O)(O)O[C@H]1C(O)C(O)C(O)[C@@H](OP(=O)(O)O)C1O. The van der Waals surface area contributed by atoms with Crippen LogP contribution in [0.3, 0.4) is 0 Å². The Balaban J connectivity index is 2.61. The van der Waals surface area contributed by atoms with E-state index < -0.39 is 83.5 Å². The predicted octanol–water partition coefficient (Wildman–Crippen LogP) is 8.81. The highest BCUT2D eigenvalue weighted by Crippen LogP contribution is 2.49. The van der Waals surface area contributed by atoms with Crippen molar-refractivity contribution in [2.45, 2.75) is 223 Å². The molecule has 0 heterocycles. The molecule has 0 spiro atoms. The Morgan fingerprint density at radius 3 is 1.56 bits per heavy atom. The van der Waals surface area contributed by atoms with Crippen molar-refractivity contribution < 1.29 is 82.0 Å². The van der Waals surface area contributed by atoms with E-state index in [0.29, 0.717) is 25.7 Å². The van der Waals surface area contributed by atoms with Crippen LogP contribution in [-0.2, 0) is 41.8 Å². The second-order valence-electron chi connectivity index (χ2n) is 17.4. The van der Waals surface area contributed by atoms with Crippen molar-refractivity contribution in [3.8, 4) is 0 Å². The van der Waals surface area contributed by atoms with Gasteiger partial charge >= 0.3 is 27.6 Å². The van der Waals surface area contributed by atoms with Crippen LogP contribution in [0.2, 0.25) is 0 Å². The monoisotopic (exact) mass is 1010 g/mol. The predicted molar refractivity (Wildman–Crippen MR) is 261 cm³/mol. The van der Waals surface area contributed by atoms with Gasteiger partial charge in [0, 0.05) is 12.8 Å². The fraction of sp³-hybridized carbons (Fsp3) is 0.755. The van der Waals surface area contributed by atoms with Gasteiger partial charge in [0.2, 0.25) is 0 Å². The maximum absolute atomic E-state index is 13.0. The molecule has 0 aromatic heterocycles. The zero-order valence-corrected chi connectivity index (χ0v) is 42.4. The number of hydrogen-bond donors (Lipinski definition) is 8. The standard InChI is InChI=1S/C49H86O17P2/c1-3-5-6-7-8-9-10-11-12-13-14-17-21-24-27-30-33-37-43(52)64-41(39-63-68(60,61)66-49-46(55)44(53)45(54)48(47(49)56)65-67(57,58)59)38-62-42(51)36-32-29-26-23-20-18-15-16-19-22-25-28-31-35-40(50)34-4-2/h11-12,15,18-19,22-23,26,28,31,40-41,44-50,53-56H,3-10,13-14,16-17,20-21,24-25,27,29-30,32-39H2,1-2H3,(H,60,61)(H2,57,58,59)/b12-11-,18-15-,22-19-,26-23-,31-28-/t40?,41-,44?,45?,46?,47?,48-,49+/m1/s1. The number of allylic oxidation sites excluding steroid dienone is 9. The van der Waals surface area contributed by atoms with Gasteiger partial charge in [-0.15, -0.1) is 0 Å². The van der Waals surface area contributed by atoms with Gasteiger partial charge in [0.1, 0.15) is 43.2 Å². The van der Waals surface area contributed by atoms with E-state index in [9.17, 15) is 58.9 Å². The average Bonchev–Trinajstić information content (AvgIpc) is 3.29. The van der Waals surface area contributed by atoms with E-state index in [0.717, 1.165) is 83.5 Å². The molecule has 0 aromatic carbocycles. The van der Waals surface area contributed by atoms with Gasteiger partial charge in [-0.2, -0.15) is 0 Å². The summed E-state index contributed by atoms with van der Waals surface area (Å²) in [5.41, 5.74) is 0. The van der Waals surface area contributed by atoms with Gasteiger partial charge in [-0.1, -0.05) is 145 Å². The third-order valence-corrected chi connectivity index (χ3v) is 12.6. The summed E-state index contributed by atoms with van der Waals surface area (Å²) in [6.07, 6.45) is 28.1. The van der Waals surface area contributed by atoms with E-state index in [-0.39, 0.29) is 18.9 Å². The Labute approximate surface area is 405 Å². The normalized spacial score (nSPS) is 22.2. The molecule has 17 nitrogen and oxygen atoms in total. The highest BCUT2D eigenvalue weighted by molar-refractivity contribution is 7.47. The Kier molecular flexibility index (Phi) is 36.8. The molecule has 1 fully saturated rings. The molecule has 19 heteroatoms. The lowest BCUT2D eigenvalue weighted by atomic mass is 9.85. The summed E-state index contributed by atoms with van der Waals surface area (Å²) in [6.45, 7) is 2.86. The minimum atomic E-state index is -5.38. The number of hydrogen-bond acceptors (Lipinski definition) is 14. The second kappa shape index (κ2) is 39.3.